The highest BCUT2D eigenvalue weighted by molar-refractivity contribution is 5.79. The predicted molar refractivity (Wildman–Crippen MR) is 124 cm³/mol. The molecule has 0 spiro atoms. The number of hydrogen-bond acceptors (Lipinski definition) is 5. The van der Waals surface area contributed by atoms with Crippen molar-refractivity contribution in [1.29, 1.82) is 0 Å². The Hall–Kier alpha value is -3.32. The number of piperidine rings is 1. The molecule has 1 aliphatic rings. The van der Waals surface area contributed by atoms with Gasteiger partial charge in [-0.05, 0) is 77.8 Å². The van der Waals surface area contributed by atoms with Gasteiger partial charge < -0.3 is 4.98 Å². The first-order valence-corrected chi connectivity index (χ1v) is 11.3. The fraction of sp³-hybridized carbons (Fsp3) is 0.360. The summed E-state index contributed by atoms with van der Waals surface area (Å²) >= 11 is 0. The molecule has 0 saturated carbocycles. The van der Waals surface area contributed by atoms with E-state index in [4.69, 9.17) is 0 Å². The van der Waals surface area contributed by atoms with Gasteiger partial charge in [-0.3, -0.25) is 9.69 Å². The van der Waals surface area contributed by atoms with E-state index in [1.165, 1.54) is 0 Å². The Bertz CT molecular complexity index is 1270. The molecule has 0 unspecified atom stereocenters. The standard InChI is InChI=1S/C25H28N6O/c1-17-10-12-30(13-11-17)23(21-15-20-9-8-18(2)14-22(20)26-25(21)32)24-27-28-29-31(24)16-19-6-4-3-5-7-19/h3-9,14-15,17,23H,10-13,16H2,1-2H3,(H,26,32)/t23-/m1/s1. The molecule has 1 aliphatic heterocycles. The number of nitrogens with zero attached hydrogens (tertiary/aromatic N) is 5. The summed E-state index contributed by atoms with van der Waals surface area (Å²) in [4.78, 5) is 18.8. The minimum Gasteiger partial charge on any atom is -0.322 e. The van der Waals surface area contributed by atoms with Crippen molar-refractivity contribution in [2.24, 2.45) is 5.92 Å². The zero-order valence-electron chi connectivity index (χ0n) is 18.5. The molecule has 1 fully saturated rings. The molecule has 1 saturated heterocycles. The predicted octanol–water partition coefficient (Wildman–Crippen LogP) is 3.69. The van der Waals surface area contributed by atoms with Crippen LogP contribution in [0.1, 0.15) is 48.3 Å². The number of likely N-dealkylation sites (tertiary alicyclic amines) is 1. The van der Waals surface area contributed by atoms with Gasteiger partial charge in [0, 0.05) is 11.1 Å². The molecule has 2 aromatic heterocycles. The van der Waals surface area contributed by atoms with Crippen LogP contribution in [0.2, 0.25) is 0 Å². The zero-order valence-corrected chi connectivity index (χ0v) is 18.5. The zero-order chi connectivity index (χ0) is 22.1. The van der Waals surface area contributed by atoms with Crippen LogP contribution in [0.25, 0.3) is 10.9 Å². The van der Waals surface area contributed by atoms with E-state index in [0.29, 0.717) is 23.9 Å². The van der Waals surface area contributed by atoms with Crippen molar-refractivity contribution < 1.29 is 0 Å². The maximum atomic E-state index is 13.3. The lowest BCUT2D eigenvalue weighted by molar-refractivity contribution is 0.149. The molecule has 7 heteroatoms. The number of H-pyrrole nitrogens is 1. The van der Waals surface area contributed by atoms with Gasteiger partial charge in [0.1, 0.15) is 6.04 Å². The molecular formula is C25H28N6O. The van der Waals surface area contributed by atoms with E-state index in [1.807, 2.05) is 41.9 Å². The van der Waals surface area contributed by atoms with E-state index < -0.39 is 0 Å². The molecule has 164 valence electrons. The smallest absolute Gasteiger partial charge is 0.253 e. The summed E-state index contributed by atoms with van der Waals surface area (Å²) in [5.74, 6) is 1.39. The second-order valence-corrected chi connectivity index (χ2v) is 8.95. The molecule has 0 radical (unpaired) electrons. The monoisotopic (exact) mass is 428 g/mol. The molecule has 5 rings (SSSR count). The fourth-order valence-electron chi connectivity index (χ4n) is 4.60. The maximum absolute atomic E-state index is 13.3. The van der Waals surface area contributed by atoms with Crippen molar-refractivity contribution in [1.82, 2.24) is 30.1 Å². The highest BCUT2D eigenvalue weighted by Crippen LogP contribution is 2.31. The Kier molecular flexibility index (Phi) is 5.57. The van der Waals surface area contributed by atoms with E-state index >= 15 is 0 Å². The van der Waals surface area contributed by atoms with Gasteiger partial charge in [-0.25, -0.2) is 4.68 Å². The van der Waals surface area contributed by atoms with Crippen molar-refractivity contribution in [3.05, 3.63) is 87.5 Å². The third-order valence-electron chi connectivity index (χ3n) is 6.49. The van der Waals surface area contributed by atoms with Crippen molar-refractivity contribution in [3.63, 3.8) is 0 Å². The Morgan fingerprint density at radius 1 is 1.09 bits per heavy atom. The number of rotatable bonds is 5. The first-order chi connectivity index (χ1) is 15.6. The maximum Gasteiger partial charge on any atom is 0.253 e. The molecule has 2 aromatic carbocycles. The van der Waals surface area contributed by atoms with E-state index in [9.17, 15) is 4.79 Å². The molecule has 0 amide bonds. The number of fused-ring (bicyclic) bond motifs is 1. The van der Waals surface area contributed by atoms with Crippen molar-refractivity contribution in [2.45, 2.75) is 39.3 Å². The normalized spacial score (nSPS) is 16.4. The molecule has 7 nitrogen and oxygen atoms in total. The largest absolute Gasteiger partial charge is 0.322 e. The number of tetrazole rings is 1. The van der Waals surface area contributed by atoms with Crippen LogP contribution in [0.3, 0.4) is 0 Å². The van der Waals surface area contributed by atoms with Crippen LogP contribution in [-0.2, 0) is 6.54 Å². The third-order valence-corrected chi connectivity index (χ3v) is 6.49. The van der Waals surface area contributed by atoms with Crippen LogP contribution in [0.15, 0.2) is 59.4 Å². The van der Waals surface area contributed by atoms with Gasteiger partial charge in [-0.1, -0.05) is 49.4 Å². The van der Waals surface area contributed by atoms with Crippen LogP contribution in [-0.4, -0.2) is 43.2 Å². The quantitative estimate of drug-likeness (QED) is 0.524. The van der Waals surface area contributed by atoms with Crippen LogP contribution in [0.5, 0.6) is 0 Å². The minimum atomic E-state index is -0.296. The second-order valence-electron chi connectivity index (χ2n) is 8.95. The van der Waals surface area contributed by atoms with E-state index in [0.717, 1.165) is 48.0 Å². The average Bonchev–Trinajstić information content (AvgIpc) is 3.24. The van der Waals surface area contributed by atoms with Gasteiger partial charge in [-0.2, -0.15) is 0 Å². The Labute approximate surface area is 187 Å². The minimum absolute atomic E-state index is 0.0824. The molecule has 3 heterocycles. The summed E-state index contributed by atoms with van der Waals surface area (Å²) in [6, 6.07) is 18.0. The summed E-state index contributed by atoms with van der Waals surface area (Å²) in [6.45, 7) is 6.71. The Balaban J connectivity index is 1.61. The molecule has 1 N–H and O–H groups in total. The van der Waals surface area contributed by atoms with Crippen LogP contribution >= 0.6 is 0 Å². The van der Waals surface area contributed by atoms with Crippen LogP contribution in [0.4, 0.5) is 0 Å². The van der Waals surface area contributed by atoms with Crippen molar-refractivity contribution >= 4 is 10.9 Å². The fourth-order valence-corrected chi connectivity index (χ4v) is 4.60. The first kappa shape index (κ1) is 20.6. The van der Waals surface area contributed by atoms with E-state index in [-0.39, 0.29) is 11.6 Å². The van der Waals surface area contributed by atoms with Crippen LogP contribution < -0.4 is 5.56 Å². The molecule has 0 bridgehead atoms. The number of aromatic nitrogens is 5. The molecular weight excluding hydrogens is 400 g/mol. The van der Waals surface area contributed by atoms with Gasteiger partial charge >= 0.3 is 0 Å². The highest BCUT2D eigenvalue weighted by Gasteiger charge is 2.32. The number of aromatic amines is 1. The van der Waals surface area contributed by atoms with Crippen molar-refractivity contribution in [2.75, 3.05) is 13.1 Å². The van der Waals surface area contributed by atoms with Gasteiger partial charge in [0.2, 0.25) is 0 Å². The Morgan fingerprint density at radius 3 is 2.66 bits per heavy atom. The summed E-state index contributed by atoms with van der Waals surface area (Å²) in [5.41, 5.74) is 3.71. The van der Waals surface area contributed by atoms with E-state index in [1.54, 1.807) is 0 Å². The topological polar surface area (TPSA) is 79.7 Å². The molecule has 0 aliphatic carbocycles. The molecule has 4 aromatic rings. The van der Waals surface area contributed by atoms with Crippen LogP contribution in [0, 0.1) is 12.8 Å². The van der Waals surface area contributed by atoms with Crippen molar-refractivity contribution in [3.8, 4) is 0 Å². The molecule has 1 atom stereocenters. The average molecular weight is 429 g/mol. The summed E-state index contributed by atoms with van der Waals surface area (Å²) in [6.07, 6.45) is 2.20. The lowest BCUT2D eigenvalue weighted by Gasteiger charge is -2.35. The van der Waals surface area contributed by atoms with Gasteiger partial charge in [0.15, 0.2) is 5.82 Å². The summed E-state index contributed by atoms with van der Waals surface area (Å²) < 4.78 is 1.83. The van der Waals surface area contributed by atoms with E-state index in [2.05, 4.69) is 56.6 Å². The number of benzene rings is 2. The van der Waals surface area contributed by atoms with Gasteiger partial charge in [0.25, 0.3) is 5.56 Å². The summed E-state index contributed by atoms with van der Waals surface area (Å²) in [7, 11) is 0. The van der Waals surface area contributed by atoms with Gasteiger partial charge in [0.05, 0.1) is 6.54 Å². The second kappa shape index (κ2) is 8.67. The number of aryl methyl sites for hydroxylation is 1. The number of nitrogens with one attached hydrogen (secondary N) is 1. The number of hydrogen-bond donors (Lipinski definition) is 1. The SMILES string of the molecule is Cc1ccc2cc([C@H](c3nnnn3Cc3ccccc3)N3CCC(C)CC3)c(=O)[nH]c2c1. The highest BCUT2D eigenvalue weighted by atomic mass is 16.1. The lowest BCUT2D eigenvalue weighted by Crippen LogP contribution is -2.40. The Morgan fingerprint density at radius 2 is 1.88 bits per heavy atom. The summed E-state index contributed by atoms with van der Waals surface area (Å²) in [5, 5.41) is 13.7. The van der Waals surface area contributed by atoms with Gasteiger partial charge in [-0.15, -0.1) is 5.10 Å². The third kappa shape index (κ3) is 4.08. The first-order valence-electron chi connectivity index (χ1n) is 11.3. The lowest BCUT2D eigenvalue weighted by atomic mass is 9.95. The number of pyridine rings is 1. The molecule has 32 heavy (non-hydrogen) atoms.